The highest BCUT2D eigenvalue weighted by Crippen LogP contribution is 2.39. The molecular weight excluding hydrogens is 489 g/mol. The minimum Gasteiger partial charge on any atom is -0.505 e. The molecule has 3 N–H and O–H groups in total. The second-order valence-corrected chi connectivity index (χ2v) is 10.9. The van der Waals surface area contributed by atoms with E-state index in [4.69, 9.17) is 23.2 Å². The maximum atomic E-state index is 12.6. The molecule has 0 aromatic heterocycles. The molecule has 0 aliphatic heterocycles. The minimum atomic E-state index is -4.32. The fraction of sp³-hybridized carbons (Fsp3) is 0.200. The highest BCUT2D eigenvalue weighted by atomic mass is 79.9. The van der Waals surface area contributed by atoms with Crippen LogP contribution in [-0.2, 0) is 20.8 Å². The molecule has 11 heteroatoms. The highest BCUT2D eigenvalue weighted by Gasteiger charge is 2.25. The molecule has 0 bridgehead atoms. The van der Waals surface area contributed by atoms with Crippen molar-refractivity contribution in [1.29, 1.82) is 0 Å². The topological polar surface area (TPSA) is 104 Å². The van der Waals surface area contributed by atoms with Crippen LogP contribution in [0.1, 0.15) is 13.8 Å². The Morgan fingerprint density at radius 1 is 1.12 bits per heavy atom. The van der Waals surface area contributed by atoms with Crippen molar-refractivity contribution < 1.29 is 22.8 Å². The second kappa shape index (κ2) is 7.93. The molecule has 1 unspecified atom stereocenters. The SMILES string of the molecule is CC(C)S(=O)c1cc(Cl)cc(NS(=O)(=O)c2cc(Br)cc(Cl)c2O)c1O. The first kappa shape index (κ1) is 21.3. The molecule has 142 valence electrons. The number of halogens is 3. The molecule has 26 heavy (non-hydrogen) atoms. The van der Waals surface area contributed by atoms with Crippen molar-refractivity contribution in [2.24, 2.45) is 0 Å². The summed E-state index contributed by atoms with van der Waals surface area (Å²) in [5.41, 5.74) is -0.267. The van der Waals surface area contributed by atoms with E-state index in [9.17, 15) is 22.8 Å². The van der Waals surface area contributed by atoms with Gasteiger partial charge in [0.05, 0.1) is 26.4 Å². The van der Waals surface area contributed by atoms with Crippen molar-refractivity contribution in [3.63, 3.8) is 0 Å². The quantitative estimate of drug-likeness (QED) is 0.523. The zero-order valence-corrected chi connectivity index (χ0v) is 18.2. The standard InChI is InChI=1S/C15H14BrCl2NO5S2/c1-7(2)25(22)12-6-9(17)5-11(15(12)21)19-26(23,24)13-4-8(16)3-10(18)14(13)20/h3-7,19-21H,1-2H3. The molecule has 0 amide bonds. The third kappa shape index (κ3) is 4.45. The Kier molecular flexibility index (Phi) is 6.50. The summed E-state index contributed by atoms with van der Waals surface area (Å²) < 4.78 is 40.0. The molecule has 1 atom stereocenters. The summed E-state index contributed by atoms with van der Waals surface area (Å²) in [7, 11) is -5.92. The van der Waals surface area contributed by atoms with E-state index in [1.54, 1.807) is 13.8 Å². The monoisotopic (exact) mass is 501 g/mol. The van der Waals surface area contributed by atoms with E-state index >= 15 is 0 Å². The number of nitrogens with one attached hydrogen (secondary N) is 1. The zero-order chi connectivity index (χ0) is 19.8. The molecule has 2 aromatic carbocycles. The number of hydrogen-bond donors (Lipinski definition) is 3. The van der Waals surface area contributed by atoms with Gasteiger partial charge in [-0.05, 0) is 24.3 Å². The largest absolute Gasteiger partial charge is 0.505 e. The van der Waals surface area contributed by atoms with Gasteiger partial charge in [-0.2, -0.15) is 0 Å². The van der Waals surface area contributed by atoms with Crippen LogP contribution in [-0.4, -0.2) is 28.1 Å². The molecular formula is C15H14BrCl2NO5S2. The van der Waals surface area contributed by atoms with Gasteiger partial charge in [-0.3, -0.25) is 8.93 Å². The van der Waals surface area contributed by atoms with E-state index < -0.39 is 37.2 Å². The maximum absolute atomic E-state index is 12.6. The summed E-state index contributed by atoms with van der Waals surface area (Å²) in [6.07, 6.45) is 0. The van der Waals surface area contributed by atoms with Gasteiger partial charge in [0.15, 0.2) is 11.5 Å². The number of hydrogen-bond acceptors (Lipinski definition) is 5. The van der Waals surface area contributed by atoms with Crippen molar-refractivity contribution in [3.8, 4) is 11.5 Å². The van der Waals surface area contributed by atoms with Crippen molar-refractivity contribution in [2.45, 2.75) is 28.9 Å². The van der Waals surface area contributed by atoms with Crippen LogP contribution in [0, 0.1) is 0 Å². The number of anilines is 1. The van der Waals surface area contributed by atoms with Gasteiger partial charge in [0.25, 0.3) is 10.0 Å². The second-order valence-electron chi connectivity index (χ2n) is 5.49. The van der Waals surface area contributed by atoms with E-state index in [2.05, 4.69) is 20.7 Å². The number of phenolic OH excluding ortho intramolecular Hbond substituents is 2. The van der Waals surface area contributed by atoms with Gasteiger partial charge in [-0.25, -0.2) is 8.42 Å². The lowest BCUT2D eigenvalue weighted by atomic mass is 10.3. The number of aromatic hydroxyl groups is 2. The first-order chi connectivity index (χ1) is 11.9. The Balaban J connectivity index is 2.56. The van der Waals surface area contributed by atoms with Gasteiger partial charge in [0.2, 0.25) is 0 Å². The number of rotatable bonds is 5. The average molecular weight is 503 g/mol. The van der Waals surface area contributed by atoms with E-state index in [1.165, 1.54) is 18.2 Å². The Morgan fingerprint density at radius 2 is 1.73 bits per heavy atom. The summed E-state index contributed by atoms with van der Waals surface area (Å²) >= 11 is 14.9. The van der Waals surface area contributed by atoms with Crippen LogP contribution in [0.15, 0.2) is 38.5 Å². The predicted octanol–water partition coefficient (Wildman–Crippen LogP) is 4.48. The van der Waals surface area contributed by atoms with E-state index in [0.717, 1.165) is 6.07 Å². The highest BCUT2D eigenvalue weighted by molar-refractivity contribution is 9.10. The van der Waals surface area contributed by atoms with Gasteiger partial charge in [-0.1, -0.05) is 53.0 Å². The molecule has 0 fully saturated rings. The number of benzene rings is 2. The lowest BCUT2D eigenvalue weighted by molar-refractivity contribution is 0.458. The zero-order valence-electron chi connectivity index (χ0n) is 13.5. The molecule has 0 saturated heterocycles. The third-order valence-corrected chi connectivity index (χ3v) is 7.16. The molecule has 0 aliphatic rings. The smallest absolute Gasteiger partial charge is 0.265 e. The lowest BCUT2D eigenvalue weighted by Crippen LogP contribution is -2.14. The number of phenols is 2. The Hall–Kier alpha value is -1.00. The molecule has 0 spiro atoms. The fourth-order valence-electron chi connectivity index (χ4n) is 2.01. The van der Waals surface area contributed by atoms with Crippen LogP contribution in [0.25, 0.3) is 0 Å². The average Bonchev–Trinajstić information content (AvgIpc) is 2.52. The van der Waals surface area contributed by atoms with Gasteiger partial charge < -0.3 is 10.2 Å². The summed E-state index contributed by atoms with van der Waals surface area (Å²) in [6.45, 7) is 3.36. The van der Waals surface area contributed by atoms with Crippen LogP contribution in [0.5, 0.6) is 11.5 Å². The summed E-state index contributed by atoms with van der Waals surface area (Å²) in [5, 5.41) is 19.9. The predicted molar refractivity (Wildman–Crippen MR) is 106 cm³/mol. The van der Waals surface area contributed by atoms with Gasteiger partial charge in [0, 0.05) is 14.7 Å². The van der Waals surface area contributed by atoms with E-state index in [1.807, 2.05) is 0 Å². The first-order valence-electron chi connectivity index (χ1n) is 7.08. The van der Waals surface area contributed by atoms with Crippen molar-refractivity contribution >= 4 is 65.6 Å². The normalized spacial score (nSPS) is 13.0. The van der Waals surface area contributed by atoms with Crippen molar-refractivity contribution in [3.05, 3.63) is 38.8 Å². The van der Waals surface area contributed by atoms with Gasteiger partial charge in [0.1, 0.15) is 4.90 Å². The Labute approximate surface area is 171 Å². The maximum Gasteiger partial charge on any atom is 0.265 e. The van der Waals surface area contributed by atoms with Crippen LogP contribution in [0.2, 0.25) is 10.0 Å². The van der Waals surface area contributed by atoms with E-state index in [0.29, 0.717) is 4.47 Å². The molecule has 0 aliphatic carbocycles. The molecule has 0 radical (unpaired) electrons. The summed E-state index contributed by atoms with van der Waals surface area (Å²) in [5.74, 6) is -1.15. The van der Waals surface area contributed by atoms with Crippen LogP contribution >= 0.6 is 39.1 Å². The number of sulfonamides is 1. The third-order valence-electron chi connectivity index (χ3n) is 3.21. The molecule has 2 aromatic rings. The van der Waals surface area contributed by atoms with Crippen molar-refractivity contribution in [1.82, 2.24) is 0 Å². The van der Waals surface area contributed by atoms with Gasteiger partial charge in [-0.15, -0.1) is 0 Å². The molecule has 0 saturated carbocycles. The minimum absolute atomic E-state index is 0.00157. The fourth-order valence-corrected chi connectivity index (χ4v) is 5.56. The Bertz CT molecular complexity index is 996. The van der Waals surface area contributed by atoms with Crippen LogP contribution < -0.4 is 4.72 Å². The lowest BCUT2D eigenvalue weighted by Gasteiger charge is -2.15. The summed E-state index contributed by atoms with van der Waals surface area (Å²) in [4.78, 5) is -0.496. The Morgan fingerprint density at radius 3 is 2.31 bits per heavy atom. The van der Waals surface area contributed by atoms with Crippen LogP contribution in [0.4, 0.5) is 5.69 Å². The molecule has 6 nitrogen and oxygen atoms in total. The first-order valence-corrected chi connectivity index (χ1v) is 11.3. The molecule has 2 rings (SSSR count). The van der Waals surface area contributed by atoms with Crippen LogP contribution in [0.3, 0.4) is 0 Å². The van der Waals surface area contributed by atoms with Crippen molar-refractivity contribution in [2.75, 3.05) is 4.72 Å². The van der Waals surface area contributed by atoms with E-state index in [-0.39, 0.29) is 25.9 Å². The van der Waals surface area contributed by atoms with Gasteiger partial charge >= 0.3 is 0 Å². The summed E-state index contributed by atoms with van der Waals surface area (Å²) in [6, 6.07) is 4.96. The molecule has 0 heterocycles.